The van der Waals surface area contributed by atoms with Gasteiger partial charge in [0.1, 0.15) is 19.2 Å². The van der Waals surface area contributed by atoms with Crippen LogP contribution in [-0.4, -0.2) is 32.9 Å². The maximum absolute atomic E-state index is 10.9. The monoisotopic (exact) mass is 276 g/mol. The highest BCUT2D eigenvalue weighted by molar-refractivity contribution is 5.36. The Labute approximate surface area is 114 Å². The van der Waals surface area contributed by atoms with E-state index >= 15 is 0 Å². The lowest BCUT2D eigenvalue weighted by Gasteiger charge is -2.27. The molecule has 3 rings (SSSR count). The van der Waals surface area contributed by atoms with E-state index in [1.807, 2.05) is 0 Å². The number of hydrogen-bond donors (Lipinski definition) is 0. The lowest BCUT2D eigenvalue weighted by Crippen LogP contribution is -2.33. The summed E-state index contributed by atoms with van der Waals surface area (Å²) < 4.78 is 13.0. The third kappa shape index (κ3) is 2.26. The lowest BCUT2D eigenvalue weighted by atomic mass is 10.0. The zero-order chi connectivity index (χ0) is 14.0. The molecule has 1 fully saturated rings. The van der Waals surface area contributed by atoms with Gasteiger partial charge in [-0.25, -0.2) is 9.67 Å². The van der Waals surface area contributed by atoms with E-state index < -0.39 is 10.7 Å². The molecule has 0 bridgehead atoms. The van der Waals surface area contributed by atoms with E-state index in [9.17, 15) is 10.1 Å². The molecule has 0 atom stereocenters. The van der Waals surface area contributed by atoms with Crippen LogP contribution >= 0.6 is 0 Å². The van der Waals surface area contributed by atoms with Crippen molar-refractivity contribution in [3.8, 4) is 0 Å². The third-order valence-electron chi connectivity index (χ3n) is 3.09. The number of nitrogens with zero attached hydrogens (tertiary/aromatic N) is 4. The van der Waals surface area contributed by atoms with Crippen LogP contribution in [0.1, 0.15) is 5.56 Å². The zero-order valence-electron chi connectivity index (χ0n) is 10.5. The number of benzene rings is 1. The van der Waals surface area contributed by atoms with Gasteiger partial charge in [0.15, 0.2) is 0 Å². The average Bonchev–Trinajstić information content (AvgIpc) is 3.12. The summed E-state index contributed by atoms with van der Waals surface area (Å²) in [6.07, 6.45) is 2.96. The predicted octanol–water partition coefficient (Wildman–Crippen LogP) is 1.09. The second-order valence-electron chi connectivity index (χ2n) is 4.35. The van der Waals surface area contributed by atoms with E-state index in [4.69, 9.17) is 9.47 Å². The van der Waals surface area contributed by atoms with E-state index in [1.54, 1.807) is 23.1 Å². The molecule has 8 heteroatoms. The smallest absolute Gasteiger partial charge is 0.269 e. The highest BCUT2D eigenvalue weighted by Crippen LogP contribution is 2.34. The Morgan fingerprint density at radius 3 is 2.85 bits per heavy atom. The molecule has 1 aromatic heterocycles. The van der Waals surface area contributed by atoms with Crippen molar-refractivity contribution >= 4 is 5.69 Å². The molecule has 104 valence electrons. The first kappa shape index (κ1) is 12.7. The molecule has 0 saturated carbocycles. The van der Waals surface area contributed by atoms with Crippen molar-refractivity contribution in [3.63, 3.8) is 0 Å². The van der Waals surface area contributed by atoms with E-state index in [-0.39, 0.29) is 12.2 Å². The molecule has 1 aliphatic heterocycles. The topological polar surface area (TPSA) is 92.3 Å². The first-order valence-electron chi connectivity index (χ1n) is 6.05. The first-order chi connectivity index (χ1) is 9.70. The van der Waals surface area contributed by atoms with Crippen LogP contribution in [0, 0.1) is 10.1 Å². The Kier molecular flexibility index (Phi) is 3.17. The molecule has 20 heavy (non-hydrogen) atoms. The number of ether oxygens (including phenoxy) is 2. The molecule has 1 aromatic carbocycles. The number of nitro benzene ring substituents is 1. The summed E-state index contributed by atoms with van der Waals surface area (Å²) >= 11 is 0. The normalized spacial score (nSPS) is 17.2. The molecular weight excluding hydrogens is 264 g/mol. The van der Waals surface area contributed by atoms with Crippen LogP contribution in [0.15, 0.2) is 36.9 Å². The minimum Gasteiger partial charge on any atom is -0.342 e. The van der Waals surface area contributed by atoms with E-state index in [0.29, 0.717) is 18.8 Å². The summed E-state index contributed by atoms with van der Waals surface area (Å²) in [5.74, 6) is -1.06. The molecule has 0 N–H and O–H groups in total. The highest BCUT2D eigenvalue weighted by atomic mass is 16.7. The molecule has 2 heterocycles. The van der Waals surface area contributed by atoms with Crippen LogP contribution in [0.3, 0.4) is 0 Å². The quantitative estimate of drug-likeness (QED) is 0.613. The van der Waals surface area contributed by atoms with E-state index in [1.165, 1.54) is 18.5 Å². The number of rotatable bonds is 4. The zero-order valence-corrected chi connectivity index (χ0v) is 10.5. The van der Waals surface area contributed by atoms with E-state index in [0.717, 1.165) is 0 Å². The van der Waals surface area contributed by atoms with Gasteiger partial charge < -0.3 is 9.47 Å². The maximum Gasteiger partial charge on any atom is 0.269 e. The van der Waals surface area contributed by atoms with Crippen molar-refractivity contribution in [3.05, 3.63) is 52.6 Å². The Morgan fingerprint density at radius 2 is 2.20 bits per heavy atom. The molecular formula is C12H12N4O4. The van der Waals surface area contributed by atoms with Crippen LogP contribution in [0.2, 0.25) is 0 Å². The van der Waals surface area contributed by atoms with Gasteiger partial charge in [-0.15, -0.1) is 0 Å². The van der Waals surface area contributed by atoms with Crippen LogP contribution in [0.25, 0.3) is 0 Å². The van der Waals surface area contributed by atoms with Crippen LogP contribution in [-0.2, 0) is 21.8 Å². The third-order valence-corrected chi connectivity index (χ3v) is 3.09. The second kappa shape index (κ2) is 4.99. The van der Waals surface area contributed by atoms with Crippen LogP contribution < -0.4 is 0 Å². The molecule has 0 amide bonds. The SMILES string of the molecule is O=[N+]([O-])c1cccc(C2(Cn3cncn3)OCCO2)c1. The summed E-state index contributed by atoms with van der Waals surface area (Å²) in [6, 6.07) is 6.25. The van der Waals surface area contributed by atoms with Crippen molar-refractivity contribution in [2.45, 2.75) is 12.3 Å². The van der Waals surface area contributed by atoms with Gasteiger partial charge in [0.25, 0.3) is 5.69 Å². The molecule has 0 unspecified atom stereocenters. The summed E-state index contributed by atoms with van der Waals surface area (Å²) in [5, 5.41) is 14.9. The molecule has 8 nitrogen and oxygen atoms in total. The summed E-state index contributed by atoms with van der Waals surface area (Å²) in [4.78, 5) is 14.3. The summed E-state index contributed by atoms with van der Waals surface area (Å²) in [7, 11) is 0. The van der Waals surface area contributed by atoms with Gasteiger partial charge >= 0.3 is 0 Å². The highest BCUT2D eigenvalue weighted by Gasteiger charge is 2.40. The van der Waals surface area contributed by atoms with Crippen molar-refractivity contribution in [2.24, 2.45) is 0 Å². The average molecular weight is 276 g/mol. The van der Waals surface area contributed by atoms with Gasteiger partial charge in [0.05, 0.1) is 18.1 Å². The van der Waals surface area contributed by atoms with Crippen LogP contribution in [0.4, 0.5) is 5.69 Å². The molecule has 0 spiro atoms. The predicted molar refractivity (Wildman–Crippen MR) is 66.7 cm³/mol. The standard InChI is InChI=1S/C12H12N4O4/c17-16(18)11-3-1-2-10(6-11)12(19-4-5-20-12)7-15-9-13-8-14-15/h1-3,6,8-9H,4-5,7H2. The minimum absolute atomic E-state index is 0.000402. The number of hydrogen-bond acceptors (Lipinski definition) is 6. The number of nitro groups is 1. The first-order valence-corrected chi connectivity index (χ1v) is 6.05. The van der Waals surface area contributed by atoms with Gasteiger partial charge in [-0.3, -0.25) is 10.1 Å². The molecule has 1 saturated heterocycles. The minimum atomic E-state index is -1.06. The van der Waals surface area contributed by atoms with Gasteiger partial charge in [0.2, 0.25) is 5.79 Å². The van der Waals surface area contributed by atoms with Gasteiger partial charge in [0, 0.05) is 17.7 Å². The van der Waals surface area contributed by atoms with Gasteiger partial charge in [-0.05, 0) is 0 Å². The Morgan fingerprint density at radius 1 is 1.40 bits per heavy atom. The van der Waals surface area contributed by atoms with Crippen molar-refractivity contribution < 1.29 is 14.4 Å². The Bertz CT molecular complexity index is 608. The van der Waals surface area contributed by atoms with Gasteiger partial charge in [-0.2, -0.15) is 5.10 Å². The number of non-ortho nitro benzene ring substituents is 1. The van der Waals surface area contributed by atoms with Crippen molar-refractivity contribution in [2.75, 3.05) is 13.2 Å². The summed E-state index contributed by atoms with van der Waals surface area (Å²) in [6.45, 7) is 1.14. The fourth-order valence-corrected chi connectivity index (χ4v) is 2.19. The van der Waals surface area contributed by atoms with Crippen molar-refractivity contribution in [1.29, 1.82) is 0 Å². The Balaban J connectivity index is 1.97. The molecule has 1 aliphatic rings. The fraction of sp³-hybridized carbons (Fsp3) is 0.333. The number of aromatic nitrogens is 3. The van der Waals surface area contributed by atoms with E-state index in [2.05, 4.69) is 10.1 Å². The Hall–Kier alpha value is -2.32. The lowest BCUT2D eigenvalue weighted by molar-refractivity contribution is -0.385. The fourth-order valence-electron chi connectivity index (χ4n) is 2.19. The maximum atomic E-state index is 10.9. The molecule has 0 radical (unpaired) electrons. The largest absolute Gasteiger partial charge is 0.342 e. The second-order valence-corrected chi connectivity index (χ2v) is 4.35. The van der Waals surface area contributed by atoms with Crippen molar-refractivity contribution in [1.82, 2.24) is 14.8 Å². The summed E-state index contributed by atoms with van der Waals surface area (Å²) in [5.41, 5.74) is 0.597. The van der Waals surface area contributed by atoms with Gasteiger partial charge in [-0.1, -0.05) is 12.1 Å². The van der Waals surface area contributed by atoms with Crippen LogP contribution in [0.5, 0.6) is 0 Å². The molecule has 0 aliphatic carbocycles. The molecule has 2 aromatic rings.